The Bertz CT molecular complexity index is 1270. The summed E-state index contributed by atoms with van der Waals surface area (Å²) in [5.41, 5.74) is -0.710. The molecule has 1 saturated heterocycles. The zero-order chi connectivity index (χ0) is 29.6. The van der Waals surface area contributed by atoms with Gasteiger partial charge in [0.25, 0.3) is 0 Å². The topological polar surface area (TPSA) is 74.3 Å². The quantitative estimate of drug-likeness (QED) is 0.362. The number of rotatable bonds is 7. The highest BCUT2D eigenvalue weighted by molar-refractivity contribution is 8.45. The molecule has 4 rings (SSSR count). The summed E-state index contributed by atoms with van der Waals surface area (Å²) in [6.07, 6.45) is -1.39. The van der Waals surface area contributed by atoms with Crippen LogP contribution in [0, 0.1) is 5.82 Å². The molecular formula is C24H25F9N4O2S. The van der Waals surface area contributed by atoms with Gasteiger partial charge in [-0.2, -0.15) is 0 Å². The average molecular weight is 605 g/mol. The molecule has 0 spiro atoms. The average Bonchev–Trinajstić information content (AvgIpc) is 3.28. The van der Waals surface area contributed by atoms with Gasteiger partial charge in [0.1, 0.15) is 22.9 Å². The predicted molar refractivity (Wildman–Crippen MR) is 129 cm³/mol. The van der Waals surface area contributed by atoms with E-state index in [4.69, 9.17) is 0 Å². The van der Waals surface area contributed by atoms with Gasteiger partial charge in [-0.25, -0.2) is 17.6 Å². The van der Waals surface area contributed by atoms with Gasteiger partial charge in [0, 0.05) is 49.3 Å². The maximum Gasteiger partial charge on any atom is 0.310 e. The summed E-state index contributed by atoms with van der Waals surface area (Å²) in [6, 6.07) is -1.88. The SMILES string of the molecule is O=C(NC1CCC(F)(F)CC1)C(c1cncc(F)c1)N(C(=O)[C@H]1C[C@H](F)CN1)c1ccc(S(F)(F)(F)(F)F)cc1. The summed E-state index contributed by atoms with van der Waals surface area (Å²) in [5, 5.41) is 5.11. The van der Waals surface area contributed by atoms with Crippen molar-refractivity contribution in [2.75, 3.05) is 11.4 Å². The largest absolute Gasteiger partial charge is 0.351 e. The second kappa shape index (κ2) is 9.82. The molecule has 2 amide bonds. The molecule has 1 aliphatic heterocycles. The Labute approximate surface area is 223 Å². The van der Waals surface area contributed by atoms with Crippen LogP contribution in [0.15, 0.2) is 47.6 Å². The molecule has 1 aromatic heterocycles. The minimum atomic E-state index is -10.1. The van der Waals surface area contributed by atoms with E-state index >= 15 is 0 Å². The monoisotopic (exact) mass is 604 g/mol. The molecule has 2 aromatic rings. The molecule has 3 atom stereocenters. The zero-order valence-electron chi connectivity index (χ0n) is 20.6. The first kappa shape index (κ1) is 30.0. The summed E-state index contributed by atoms with van der Waals surface area (Å²) in [4.78, 5) is 29.2. The molecule has 0 radical (unpaired) electrons. The van der Waals surface area contributed by atoms with E-state index < -0.39 is 81.5 Å². The Morgan fingerprint density at radius 1 is 1.05 bits per heavy atom. The summed E-state index contributed by atoms with van der Waals surface area (Å²) in [6.45, 7) is -0.248. The van der Waals surface area contributed by atoms with Gasteiger partial charge >= 0.3 is 10.2 Å². The number of hydrogen-bond donors (Lipinski definition) is 2. The lowest BCUT2D eigenvalue weighted by molar-refractivity contribution is -0.128. The van der Waals surface area contributed by atoms with Crippen molar-refractivity contribution in [2.24, 2.45) is 0 Å². The Kier molecular flexibility index (Phi) is 7.35. The normalized spacial score (nSPS) is 24.0. The van der Waals surface area contributed by atoms with Crippen molar-refractivity contribution in [3.05, 3.63) is 54.1 Å². The number of benzene rings is 1. The fraction of sp³-hybridized carbons (Fsp3) is 0.458. The minimum absolute atomic E-state index is 0.0409. The predicted octanol–water partition coefficient (Wildman–Crippen LogP) is 6.35. The van der Waals surface area contributed by atoms with Crippen LogP contribution in [-0.4, -0.2) is 47.5 Å². The highest BCUT2D eigenvalue weighted by Crippen LogP contribution is 3.02. The van der Waals surface area contributed by atoms with Crippen molar-refractivity contribution in [2.45, 2.75) is 67.2 Å². The smallest absolute Gasteiger partial charge is 0.310 e. The Morgan fingerprint density at radius 3 is 2.20 bits per heavy atom. The number of amides is 2. The Morgan fingerprint density at radius 2 is 1.68 bits per heavy atom. The van der Waals surface area contributed by atoms with Crippen LogP contribution < -0.4 is 15.5 Å². The lowest BCUT2D eigenvalue weighted by atomic mass is 9.91. The van der Waals surface area contributed by atoms with Crippen LogP contribution in [0.2, 0.25) is 0 Å². The van der Waals surface area contributed by atoms with Gasteiger partial charge in [-0.05, 0) is 43.2 Å². The van der Waals surface area contributed by atoms with Gasteiger partial charge in [-0.15, -0.1) is 0 Å². The molecule has 16 heteroatoms. The number of carbonyl (C=O) groups is 2. The number of nitrogens with zero attached hydrogens (tertiary/aromatic N) is 2. The highest BCUT2D eigenvalue weighted by atomic mass is 32.5. The Balaban J connectivity index is 1.78. The molecule has 0 bridgehead atoms. The van der Waals surface area contributed by atoms with Crippen LogP contribution in [-0.2, 0) is 9.59 Å². The van der Waals surface area contributed by atoms with Crippen LogP contribution in [0.4, 0.5) is 42.7 Å². The highest BCUT2D eigenvalue weighted by Gasteiger charge is 2.65. The zero-order valence-corrected chi connectivity index (χ0v) is 21.4. The van der Waals surface area contributed by atoms with Gasteiger partial charge < -0.3 is 10.6 Å². The second-order valence-electron chi connectivity index (χ2n) is 9.94. The van der Waals surface area contributed by atoms with Crippen molar-refractivity contribution in [1.82, 2.24) is 15.6 Å². The van der Waals surface area contributed by atoms with Crippen molar-refractivity contribution in [3.8, 4) is 0 Å². The van der Waals surface area contributed by atoms with E-state index in [1.807, 2.05) is 0 Å². The molecule has 222 valence electrons. The first-order valence-corrected chi connectivity index (χ1v) is 14.1. The Hall–Kier alpha value is -3.01. The standard InChI is InChI=1S/C24H25F9N4O2S/c25-15-9-14(11-34-12-15)21(22(38)36-17-5-7-24(27,28)8-6-17)37(23(39)20-10-16(26)13-35-20)18-1-3-19(4-2-18)40(29,30,31,32)33/h1-4,9,11-12,16-17,20-21,35H,5-8,10,13H2,(H,36,38)/t16-,20+,21?/m0/s1. The molecule has 1 aromatic carbocycles. The molecule has 40 heavy (non-hydrogen) atoms. The maximum atomic E-state index is 14.2. The van der Waals surface area contributed by atoms with Crippen LogP contribution in [0.5, 0.6) is 0 Å². The second-order valence-corrected chi connectivity index (χ2v) is 12.4. The lowest BCUT2D eigenvalue weighted by Gasteiger charge is -2.41. The minimum Gasteiger partial charge on any atom is -0.351 e. The number of hydrogen-bond acceptors (Lipinski definition) is 4. The molecule has 6 nitrogen and oxygen atoms in total. The summed E-state index contributed by atoms with van der Waals surface area (Å²) in [5.74, 6) is -5.90. The van der Waals surface area contributed by atoms with Gasteiger partial charge in [-0.1, -0.05) is 19.4 Å². The third kappa shape index (κ3) is 7.00. The number of aromatic nitrogens is 1. The maximum absolute atomic E-state index is 14.2. The fourth-order valence-electron chi connectivity index (χ4n) is 4.78. The number of halogens is 9. The number of carbonyl (C=O) groups excluding carboxylic acids is 2. The summed E-state index contributed by atoms with van der Waals surface area (Å²) in [7, 11) is -10.1. The molecule has 1 unspecified atom stereocenters. The molecule has 2 fully saturated rings. The van der Waals surface area contributed by atoms with Crippen molar-refractivity contribution < 1.29 is 46.6 Å². The molecule has 1 saturated carbocycles. The lowest BCUT2D eigenvalue weighted by Crippen LogP contribution is -2.52. The molecular weight excluding hydrogens is 579 g/mol. The van der Waals surface area contributed by atoms with Crippen LogP contribution in [0.25, 0.3) is 0 Å². The van der Waals surface area contributed by atoms with Gasteiger partial charge in [0.2, 0.25) is 17.7 Å². The van der Waals surface area contributed by atoms with E-state index in [0.29, 0.717) is 17.0 Å². The van der Waals surface area contributed by atoms with E-state index in [9.17, 15) is 46.6 Å². The number of nitrogens with one attached hydrogen (secondary N) is 2. The number of alkyl halides is 3. The summed E-state index contributed by atoms with van der Waals surface area (Å²) < 4.78 is 122. The van der Waals surface area contributed by atoms with Crippen molar-refractivity contribution in [1.29, 1.82) is 0 Å². The number of anilines is 1. The fourth-order valence-corrected chi connectivity index (χ4v) is 5.43. The van der Waals surface area contributed by atoms with Gasteiger partial charge in [0.05, 0.1) is 12.2 Å². The van der Waals surface area contributed by atoms with Crippen LogP contribution in [0.1, 0.15) is 43.7 Å². The van der Waals surface area contributed by atoms with Gasteiger partial charge in [-0.3, -0.25) is 19.5 Å². The van der Waals surface area contributed by atoms with Crippen molar-refractivity contribution in [3.63, 3.8) is 0 Å². The van der Waals surface area contributed by atoms with Gasteiger partial charge in [0.15, 0.2) is 0 Å². The van der Waals surface area contributed by atoms with E-state index in [1.165, 1.54) is 0 Å². The third-order valence-electron chi connectivity index (χ3n) is 6.78. The first-order chi connectivity index (χ1) is 18.3. The molecule has 2 aliphatic rings. The molecule has 2 N–H and O–H groups in total. The van der Waals surface area contributed by atoms with Crippen molar-refractivity contribution >= 4 is 27.7 Å². The summed E-state index contributed by atoms with van der Waals surface area (Å²) >= 11 is 0. The third-order valence-corrected chi connectivity index (χ3v) is 7.95. The van der Waals surface area contributed by atoms with E-state index in [2.05, 4.69) is 15.6 Å². The van der Waals surface area contributed by atoms with Crippen LogP contribution in [0.3, 0.4) is 0 Å². The molecule has 2 heterocycles. The van der Waals surface area contributed by atoms with E-state index in [1.54, 1.807) is 0 Å². The number of pyridine rings is 1. The van der Waals surface area contributed by atoms with E-state index in [-0.39, 0.29) is 43.5 Å². The first-order valence-electron chi connectivity index (χ1n) is 12.2. The van der Waals surface area contributed by atoms with E-state index in [0.717, 1.165) is 18.5 Å². The molecule has 1 aliphatic carbocycles. The van der Waals surface area contributed by atoms with Crippen LogP contribution >= 0.6 is 10.2 Å².